The van der Waals surface area contributed by atoms with Gasteiger partial charge in [-0.1, -0.05) is 91.0 Å². The number of rotatable bonds is 13. The Labute approximate surface area is 254 Å². The van der Waals surface area contributed by atoms with Crippen molar-refractivity contribution in [3.63, 3.8) is 0 Å². The summed E-state index contributed by atoms with van der Waals surface area (Å²) in [7, 11) is 1.31. The number of methoxy groups -OCH3 is 1. The van der Waals surface area contributed by atoms with Crippen LogP contribution in [0.1, 0.15) is 45.0 Å². The van der Waals surface area contributed by atoms with Gasteiger partial charge in [0.1, 0.15) is 23.9 Å². The number of anilines is 1. The average Bonchev–Trinajstić information content (AvgIpc) is 3.34. The van der Waals surface area contributed by atoms with Crippen LogP contribution in [0.3, 0.4) is 0 Å². The number of ether oxygens (including phenoxy) is 5. The van der Waals surface area contributed by atoms with Crippen molar-refractivity contribution in [3.8, 4) is 0 Å². The number of fused-ring (bicyclic) bond motifs is 1. The first-order chi connectivity index (χ1) is 21.0. The van der Waals surface area contributed by atoms with Gasteiger partial charge >= 0.3 is 5.97 Å². The summed E-state index contributed by atoms with van der Waals surface area (Å²) < 4.78 is 31.9. The number of benzene rings is 3. The lowest BCUT2D eigenvalue weighted by atomic mass is 9.88. The van der Waals surface area contributed by atoms with E-state index < -0.39 is 35.5 Å². The second-order valence-corrected chi connectivity index (χ2v) is 11.7. The van der Waals surface area contributed by atoms with E-state index in [2.05, 4.69) is 5.32 Å². The Bertz CT molecular complexity index is 1550. The van der Waals surface area contributed by atoms with Gasteiger partial charge in [-0.2, -0.15) is 0 Å². The van der Waals surface area contributed by atoms with E-state index in [0.717, 1.165) is 16.7 Å². The maximum absolute atomic E-state index is 12.6. The molecule has 1 saturated carbocycles. The molecule has 222 valence electrons. The zero-order valence-corrected chi connectivity index (χ0v) is 24.8. The van der Waals surface area contributed by atoms with Gasteiger partial charge in [-0.15, -0.1) is 11.3 Å². The quantitative estimate of drug-likeness (QED) is 0.147. The molecule has 8 nitrogen and oxygen atoms in total. The summed E-state index contributed by atoms with van der Waals surface area (Å²) in [6.45, 7) is 2.96. The molecule has 1 aromatic heterocycles. The lowest BCUT2D eigenvalue weighted by Gasteiger charge is -2.39. The number of esters is 1. The zero-order valence-electron chi connectivity index (χ0n) is 23.9. The van der Waals surface area contributed by atoms with Crippen molar-refractivity contribution in [1.82, 2.24) is 0 Å². The van der Waals surface area contributed by atoms with Gasteiger partial charge in [-0.3, -0.25) is 4.79 Å². The summed E-state index contributed by atoms with van der Waals surface area (Å²) in [5.74, 6) is -0.555. The van der Waals surface area contributed by atoms with Gasteiger partial charge < -0.3 is 29.0 Å². The van der Waals surface area contributed by atoms with E-state index in [-0.39, 0.29) is 12.2 Å². The number of nitrogens with one attached hydrogen (secondary N) is 1. The summed E-state index contributed by atoms with van der Waals surface area (Å²) in [5, 5.41) is 4.37. The predicted octanol–water partition coefficient (Wildman–Crippen LogP) is 6.07. The van der Waals surface area contributed by atoms with Gasteiger partial charge in [-0.25, -0.2) is 4.79 Å². The molecule has 2 fully saturated rings. The molecule has 1 amide bonds. The maximum Gasteiger partial charge on any atom is 0.340 e. The molecule has 5 atom stereocenters. The highest BCUT2D eigenvalue weighted by Gasteiger charge is 2.85. The molecule has 2 unspecified atom stereocenters. The minimum absolute atomic E-state index is 0.250. The van der Waals surface area contributed by atoms with Crippen LogP contribution in [-0.4, -0.2) is 42.9 Å². The minimum Gasteiger partial charge on any atom is -0.465 e. The summed E-state index contributed by atoms with van der Waals surface area (Å²) in [6, 6.07) is 29.8. The molecule has 1 saturated heterocycles. The van der Waals surface area contributed by atoms with Crippen molar-refractivity contribution >= 4 is 29.4 Å². The number of hydrogen-bond donors (Lipinski definition) is 1. The Morgan fingerprint density at radius 1 is 0.884 bits per heavy atom. The van der Waals surface area contributed by atoms with Gasteiger partial charge in [0.05, 0.1) is 43.1 Å². The Hall–Kier alpha value is -3.86. The number of thiophene rings is 1. The van der Waals surface area contributed by atoms with Crippen LogP contribution in [0.25, 0.3) is 0 Å². The summed E-state index contributed by atoms with van der Waals surface area (Å²) >= 11 is 1.30. The minimum atomic E-state index is -1.08. The van der Waals surface area contributed by atoms with E-state index >= 15 is 0 Å². The third-order valence-corrected chi connectivity index (χ3v) is 9.24. The predicted molar refractivity (Wildman–Crippen MR) is 162 cm³/mol. The topological polar surface area (TPSA) is 92.3 Å². The Kier molecular flexibility index (Phi) is 8.43. The van der Waals surface area contributed by atoms with Gasteiger partial charge in [0.15, 0.2) is 5.60 Å². The number of carbonyl (C=O) groups excluding carboxylic acids is 2. The second-order valence-electron chi connectivity index (χ2n) is 10.7. The zero-order chi connectivity index (χ0) is 29.9. The summed E-state index contributed by atoms with van der Waals surface area (Å²) in [4.78, 5) is 24.9. The van der Waals surface area contributed by atoms with Crippen LogP contribution in [0, 0.1) is 0 Å². The summed E-state index contributed by atoms with van der Waals surface area (Å²) in [5.41, 5.74) is 1.55. The van der Waals surface area contributed by atoms with Crippen LogP contribution in [0.5, 0.6) is 0 Å². The fourth-order valence-electron chi connectivity index (χ4n) is 5.92. The number of hydrogen-bond acceptors (Lipinski definition) is 8. The molecule has 9 heteroatoms. The normalized spacial score (nSPS) is 25.6. The highest BCUT2D eigenvalue weighted by atomic mass is 32.1. The lowest BCUT2D eigenvalue weighted by Crippen LogP contribution is -2.51. The fraction of sp³-hybridized carbons (Fsp3) is 0.294. The molecule has 1 aliphatic carbocycles. The van der Waals surface area contributed by atoms with Crippen molar-refractivity contribution in [2.75, 3.05) is 12.4 Å². The fourth-order valence-corrected chi connectivity index (χ4v) is 7.07. The highest BCUT2D eigenvalue weighted by molar-refractivity contribution is 7.11. The SMILES string of the molecule is COC(=O)c1csc(C2O[C@@H]3C(OCc4ccccc4)[C@]3(OCc3ccccc3)[C@@]2(C)OCc2ccccc2)c1NC=O. The monoisotopic (exact) mass is 599 g/mol. The van der Waals surface area contributed by atoms with Crippen LogP contribution >= 0.6 is 11.3 Å². The van der Waals surface area contributed by atoms with Crippen LogP contribution in [0.4, 0.5) is 5.69 Å². The van der Waals surface area contributed by atoms with Crippen LogP contribution < -0.4 is 5.32 Å². The van der Waals surface area contributed by atoms with Crippen LogP contribution in [0.15, 0.2) is 96.4 Å². The van der Waals surface area contributed by atoms with Gasteiger partial charge in [0, 0.05) is 5.38 Å². The molecule has 3 aromatic carbocycles. The number of amides is 1. The second kappa shape index (κ2) is 12.4. The smallest absolute Gasteiger partial charge is 0.340 e. The van der Waals surface area contributed by atoms with Crippen molar-refractivity contribution in [3.05, 3.63) is 124 Å². The standard InChI is InChI=1S/C34H33NO7S/c1-33(40-19-24-14-8-4-9-15-24)29(28-27(35-22-36)26(21-43-28)32(37)38-2)42-31-30(39-18-23-12-6-3-7-13-23)34(31,33)41-20-25-16-10-5-11-17-25/h3-17,21-22,29-31H,18-20H2,1-2H3,(H,35,36)/t29?,30?,31-,33+,34-/m1/s1. The molecule has 43 heavy (non-hydrogen) atoms. The van der Waals surface area contributed by atoms with E-state index in [1.807, 2.05) is 97.9 Å². The molecular formula is C34H33NO7S. The van der Waals surface area contributed by atoms with Gasteiger partial charge in [0.2, 0.25) is 6.41 Å². The first-order valence-corrected chi connectivity index (χ1v) is 15.0. The molecule has 2 aliphatic rings. The van der Waals surface area contributed by atoms with Crippen molar-refractivity contribution in [2.24, 2.45) is 0 Å². The first-order valence-electron chi connectivity index (χ1n) is 14.1. The number of carbonyl (C=O) groups is 2. The van der Waals surface area contributed by atoms with E-state index in [1.165, 1.54) is 18.4 Å². The largest absolute Gasteiger partial charge is 0.465 e. The highest BCUT2D eigenvalue weighted by Crippen LogP contribution is 2.67. The van der Waals surface area contributed by atoms with Crippen molar-refractivity contribution in [2.45, 2.75) is 56.3 Å². The molecule has 1 N–H and O–H groups in total. The molecule has 1 aliphatic heterocycles. The van der Waals surface area contributed by atoms with Crippen LogP contribution in [0.2, 0.25) is 0 Å². The Morgan fingerprint density at radius 3 is 2.00 bits per heavy atom. The van der Waals surface area contributed by atoms with Crippen molar-refractivity contribution in [1.29, 1.82) is 0 Å². The van der Waals surface area contributed by atoms with Crippen LogP contribution in [-0.2, 0) is 48.3 Å². The lowest BCUT2D eigenvalue weighted by molar-refractivity contribution is -0.201. The third-order valence-electron chi connectivity index (χ3n) is 8.21. The van der Waals surface area contributed by atoms with Gasteiger partial charge in [-0.05, 0) is 23.6 Å². The first kappa shape index (κ1) is 29.2. The van der Waals surface area contributed by atoms with E-state index in [0.29, 0.717) is 30.2 Å². The average molecular weight is 600 g/mol. The molecule has 2 heterocycles. The van der Waals surface area contributed by atoms with E-state index in [9.17, 15) is 9.59 Å². The molecule has 0 spiro atoms. The van der Waals surface area contributed by atoms with Gasteiger partial charge in [0.25, 0.3) is 0 Å². The van der Waals surface area contributed by atoms with E-state index in [4.69, 9.17) is 23.7 Å². The molecule has 4 aromatic rings. The van der Waals surface area contributed by atoms with E-state index in [1.54, 1.807) is 5.38 Å². The maximum atomic E-state index is 12.6. The molecular weight excluding hydrogens is 566 g/mol. The molecule has 6 rings (SSSR count). The molecule has 0 radical (unpaired) electrons. The Morgan fingerprint density at radius 2 is 1.44 bits per heavy atom. The van der Waals surface area contributed by atoms with Crippen molar-refractivity contribution < 1.29 is 33.3 Å². The third kappa shape index (κ3) is 5.39. The molecule has 0 bridgehead atoms. The summed E-state index contributed by atoms with van der Waals surface area (Å²) in [6.07, 6.45) is -1.02. The Balaban J connectivity index is 1.39.